The van der Waals surface area contributed by atoms with E-state index in [1.165, 1.54) is 16.7 Å². The van der Waals surface area contributed by atoms with Gasteiger partial charge in [-0.2, -0.15) is 26.3 Å². The maximum Gasteiger partial charge on any atom is 0.416 e. The molecule has 0 saturated carbocycles. The third kappa shape index (κ3) is 4.81. The average Bonchev–Trinajstić information content (AvgIpc) is 2.65. The highest BCUT2D eigenvalue weighted by Gasteiger charge is 2.37. The van der Waals surface area contributed by atoms with E-state index in [1.54, 1.807) is 6.07 Å². The molecule has 0 N–H and O–H groups in total. The van der Waals surface area contributed by atoms with Crippen LogP contribution in [-0.4, -0.2) is 15.4 Å². The number of alkyl halides is 6. The van der Waals surface area contributed by atoms with Gasteiger partial charge in [0.15, 0.2) is 0 Å². The van der Waals surface area contributed by atoms with E-state index in [0.29, 0.717) is 4.47 Å². The summed E-state index contributed by atoms with van der Waals surface area (Å²) in [6.07, 6.45) is -8.75. The van der Waals surface area contributed by atoms with Crippen molar-refractivity contribution in [3.05, 3.63) is 79.8 Å². The number of benzene rings is 1. The first-order chi connectivity index (χ1) is 13.8. The summed E-state index contributed by atoms with van der Waals surface area (Å²) in [5.74, 6) is -1.43. The molecule has 3 aromatic rings. The molecule has 1 aromatic carbocycles. The molecule has 0 atom stereocenters. The molecule has 0 spiro atoms. The minimum atomic E-state index is -5.10. The summed E-state index contributed by atoms with van der Waals surface area (Å²) >= 11 is 3.18. The summed E-state index contributed by atoms with van der Waals surface area (Å²) in [6, 6.07) is 4.54. The lowest BCUT2D eigenvalue weighted by Gasteiger charge is -2.14. The number of pyridine rings is 1. The van der Waals surface area contributed by atoms with E-state index in [0.717, 1.165) is 6.07 Å². The van der Waals surface area contributed by atoms with E-state index in [4.69, 9.17) is 4.74 Å². The number of hydrogen-bond donors (Lipinski definition) is 0. The average molecular weight is 495 g/mol. The van der Waals surface area contributed by atoms with Crippen molar-refractivity contribution < 1.29 is 35.9 Å². The minimum absolute atomic E-state index is 0.0290. The molecule has 0 aliphatic carbocycles. The van der Waals surface area contributed by atoms with Gasteiger partial charge in [-0.25, -0.2) is 9.78 Å². The highest BCUT2D eigenvalue weighted by Crippen LogP contribution is 2.36. The summed E-state index contributed by atoms with van der Waals surface area (Å²) in [7, 11) is 0. The molecule has 0 unspecified atom stereocenters. The van der Waals surface area contributed by atoms with Gasteiger partial charge in [0, 0.05) is 16.7 Å². The lowest BCUT2D eigenvalue weighted by Crippen LogP contribution is -2.17. The van der Waals surface area contributed by atoms with Crippen LogP contribution in [0, 0.1) is 0 Å². The number of nitrogens with zero attached hydrogens (tertiary/aromatic N) is 2. The van der Waals surface area contributed by atoms with Crippen LogP contribution in [0.4, 0.5) is 26.3 Å². The van der Waals surface area contributed by atoms with Gasteiger partial charge in [0.25, 0.3) is 5.56 Å². The van der Waals surface area contributed by atoms with Crippen LogP contribution in [0.25, 0.3) is 5.65 Å². The molecule has 0 amide bonds. The monoisotopic (exact) mass is 494 g/mol. The number of carbonyl (C=O) groups is 1. The number of esters is 1. The molecule has 2 heterocycles. The second-order valence-electron chi connectivity index (χ2n) is 6.03. The summed E-state index contributed by atoms with van der Waals surface area (Å²) < 4.78 is 84.0. The number of aromatic nitrogens is 2. The maximum atomic E-state index is 12.9. The van der Waals surface area contributed by atoms with Crippen molar-refractivity contribution in [2.75, 3.05) is 0 Å². The molecule has 0 radical (unpaired) electrons. The Kier molecular flexibility index (Phi) is 5.63. The molecule has 0 aliphatic rings. The summed E-state index contributed by atoms with van der Waals surface area (Å²) in [4.78, 5) is 28.2. The van der Waals surface area contributed by atoms with E-state index in [2.05, 4.69) is 20.9 Å². The van der Waals surface area contributed by atoms with Crippen molar-refractivity contribution in [3.8, 4) is 0 Å². The fourth-order valence-electron chi connectivity index (χ4n) is 2.50. The van der Waals surface area contributed by atoms with Gasteiger partial charge in [-0.3, -0.25) is 9.20 Å². The van der Waals surface area contributed by atoms with Crippen molar-refractivity contribution in [1.29, 1.82) is 0 Å². The quantitative estimate of drug-likeness (QED) is 0.385. The van der Waals surface area contributed by atoms with Gasteiger partial charge in [-0.1, -0.05) is 0 Å². The van der Waals surface area contributed by atoms with Gasteiger partial charge in [0.1, 0.15) is 12.3 Å². The molecule has 5 nitrogen and oxygen atoms in total. The number of rotatable bonds is 3. The van der Waals surface area contributed by atoms with E-state index >= 15 is 0 Å². The van der Waals surface area contributed by atoms with Crippen LogP contribution in [0.3, 0.4) is 0 Å². The van der Waals surface area contributed by atoms with Crippen LogP contribution in [0.5, 0.6) is 0 Å². The maximum absolute atomic E-state index is 12.9. The number of carbonyl (C=O) groups excluding carboxylic acids is 1. The fourth-order valence-corrected chi connectivity index (χ4v) is 2.83. The standard InChI is InChI=1S/C18H9BrF6N2O3/c19-12-1-2-14-26-13(6-15(28)27(14)7-12)8-30-16(29)9-3-10(17(20,21)22)5-11(4-9)18(23,24)25/h1-7H,8H2. The van der Waals surface area contributed by atoms with Gasteiger partial charge >= 0.3 is 18.3 Å². The first-order valence-corrected chi connectivity index (χ1v) is 8.78. The summed E-state index contributed by atoms with van der Waals surface area (Å²) in [6.45, 7) is -0.627. The molecule has 0 aliphatic heterocycles. The predicted octanol–water partition coefficient (Wildman–Crippen LogP) is 4.85. The van der Waals surface area contributed by atoms with Crippen LogP contribution in [0.2, 0.25) is 0 Å². The Morgan fingerprint density at radius 3 is 2.17 bits per heavy atom. The smallest absolute Gasteiger partial charge is 0.416 e. The highest BCUT2D eigenvalue weighted by atomic mass is 79.9. The van der Waals surface area contributed by atoms with E-state index < -0.39 is 47.2 Å². The van der Waals surface area contributed by atoms with Crippen molar-refractivity contribution >= 4 is 27.5 Å². The number of halogens is 7. The third-order valence-corrected chi connectivity index (χ3v) is 4.32. The Bertz CT molecular complexity index is 1150. The van der Waals surface area contributed by atoms with Gasteiger partial charge in [-0.15, -0.1) is 0 Å². The molecule has 158 valence electrons. The summed E-state index contributed by atoms with van der Waals surface area (Å²) in [5.41, 5.74) is -4.56. The highest BCUT2D eigenvalue weighted by molar-refractivity contribution is 9.10. The number of ether oxygens (including phenoxy) is 1. The zero-order chi connectivity index (χ0) is 22.3. The fraction of sp³-hybridized carbons (Fsp3) is 0.167. The van der Waals surface area contributed by atoms with E-state index in [9.17, 15) is 35.9 Å². The molecule has 3 rings (SSSR count). The molecule has 2 aromatic heterocycles. The van der Waals surface area contributed by atoms with Crippen LogP contribution in [-0.2, 0) is 23.7 Å². The number of hydrogen-bond acceptors (Lipinski definition) is 4. The van der Waals surface area contributed by atoms with Crippen LogP contribution in [0.1, 0.15) is 27.2 Å². The molecule has 30 heavy (non-hydrogen) atoms. The second kappa shape index (κ2) is 7.74. The molecular formula is C18H9BrF6N2O3. The second-order valence-corrected chi connectivity index (χ2v) is 6.95. The van der Waals surface area contributed by atoms with Gasteiger partial charge in [0.05, 0.1) is 22.4 Å². The number of fused-ring (bicyclic) bond motifs is 1. The van der Waals surface area contributed by atoms with E-state index in [-0.39, 0.29) is 29.5 Å². The first kappa shape index (κ1) is 21.8. The predicted molar refractivity (Wildman–Crippen MR) is 94.7 cm³/mol. The summed E-state index contributed by atoms with van der Waals surface area (Å²) in [5, 5.41) is 0. The Hall–Kier alpha value is -2.89. The minimum Gasteiger partial charge on any atom is -0.456 e. The van der Waals surface area contributed by atoms with Gasteiger partial charge < -0.3 is 4.74 Å². The first-order valence-electron chi connectivity index (χ1n) is 7.99. The third-order valence-electron chi connectivity index (χ3n) is 3.85. The lowest BCUT2D eigenvalue weighted by molar-refractivity contribution is -0.143. The zero-order valence-electron chi connectivity index (χ0n) is 14.5. The van der Waals surface area contributed by atoms with Gasteiger partial charge in [-0.05, 0) is 46.3 Å². The molecule has 0 bridgehead atoms. The SMILES string of the molecule is O=C(OCc1cc(=O)n2cc(Br)ccc2n1)c1cc(C(F)(F)F)cc(C(F)(F)F)c1. The topological polar surface area (TPSA) is 60.7 Å². The molecular weight excluding hydrogens is 486 g/mol. The zero-order valence-corrected chi connectivity index (χ0v) is 16.1. The van der Waals surface area contributed by atoms with Crippen molar-refractivity contribution in [2.24, 2.45) is 0 Å². The van der Waals surface area contributed by atoms with Crippen LogP contribution >= 0.6 is 15.9 Å². The van der Waals surface area contributed by atoms with Crippen LogP contribution < -0.4 is 5.56 Å². The molecule has 0 fully saturated rings. The molecule has 12 heteroatoms. The lowest BCUT2D eigenvalue weighted by atomic mass is 10.0. The molecule has 0 saturated heterocycles. The Balaban J connectivity index is 1.88. The Morgan fingerprint density at radius 1 is 1.00 bits per heavy atom. The van der Waals surface area contributed by atoms with E-state index in [1.807, 2.05) is 0 Å². The van der Waals surface area contributed by atoms with Crippen molar-refractivity contribution in [2.45, 2.75) is 19.0 Å². The Labute approximate surface area is 172 Å². The normalized spacial score (nSPS) is 12.2. The Morgan fingerprint density at radius 2 is 1.60 bits per heavy atom. The van der Waals surface area contributed by atoms with Crippen molar-refractivity contribution in [3.63, 3.8) is 0 Å². The van der Waals surface area contributed by atoms with Crippen molar-refractivity contribution in [1.82, 2.24) is 9.38 Å². The van der Waals surface area contributed by atoms with Crippen LogP contribution in [0.15, 0.2) is 51.9 Å². The van der Waals surface area contributed by atoms with Gasteiger partial charge in [0.2, 0.25) is 0 Å². The largest absolute Gasteiger partial charge is 0.456 e.